The quantitative estimate of drug-likeness (QED) is 0.802. The van der Waals surface area contributed by atoms with Crippen molar-refractivity contribution >= 4 is 22.6 Å². The van der Waals surface area contributed by atoms with Crippen molar-refractivity contribution in [1.29, 1.82) is 0 Å². The van der Waals surface area contributed by atoms with Crippen molar-refractivity contribution in [2.24, 2.45) is 0 Å². The molecule has 1 N–H and O–H groups in total. The van der Waals surface area contributed by atoms with Gasteiger partial charge in [0.05, 0.1) is 12.8 Å². The molecule has 0 unspecified atom stereocenters. The van der Waals surface area contributed by atoms with Crippen molar-refractivity contribution in [1.82, 2.24) is 14.5 Å². The fourth-order valence-electron chi connectivity index (χ4n) is 0.753. The van der Waals surface area contributed by atoms with Gasteiger partial charge in [0.2, 0.25) is 0 Å². The van der Waals surface area contributed by atoms with Gasteiger partial charge in [-0.25, -0.2) is 4.79 Å². The molecule has 0 bridgehead atoms. The maximum absolute atomic E-state index is 11.4. The van der Waals surface area contributed by atoms with Crippen LogP contribution in [-0.4, -0.2) is 47.8 Å². The Kier molecular flexibility index (Phi) is 4.27. The fourth-order valence-corrected chi connectivity index (χ4v) is 1.16. The average molecular weight is 216 g/mol. The minimum Gasteiger partial charge on any atom is -0.383 e. The highest BCUT2D eigenvalue weighted by molar-refractivity contribution is 7.10. The molecule has 1 aromatic heterocycles. The van der Waals surface area contributed by atoms with Crippen molar-refractivity contribution in [2.45, 2.75) is 0 Å². The molecule has 2 amide bonds. The van der Waals surface area contributed by atoms with Crippen molar-refractivity contribution in [3.8, 4) is 0 Å². The number of carbonyl (C=O) groups is 1. The van der Waals surface area contributed by atoms with Crippen LogP contribution in [0.15, 0.2) is 6.20 Å². The summed E-state index contributed by atoms with van der Waals surface area (Å²) in [6.07, 6.45) is 1.51. The van der Waals surface area contributed by atoms with Crippen LogP contribution in [0.1, 0.15) is 0 Å². The van der Waals surface area contributed by atoms with Crippen LogP contribution < -0.4 is 5.32 Å². The van der Waals surface area contributed by atoms with E-state index in [4.69, 9.17) is 4.74 Å². The molecule has 0 radical (unpaired) electrons. The second kappa shape index (κ2) is 5.51. The Labute approximate surface area is 86.0 Å². The predicted octanol–water partition coefficient (Wildman–Crippen LogP) is 0.648. The number of hydrogen-bond donors (Lipinski definition) is 1. The molecule has 0 saturated carbocycles. The number of nitrogens with zero attached hydrogens (tertiary/aromatic N) is 3. The first-order valence-electron chi connectivity index (χ1n) is 4.02. The van der Waals surface area contributed by atoms with E-state index in [1.54, 1.807) is 14.2 Å². The lowest BCUT2D eigenvalue weighted by Crippen LogP contribution is -2.33. The van der Waals surface area contributed by atoms with E-state index >= 15 is 0 Å². The molecule has 0 aromatic carbocycles. The lowest BCUT2D eigenvalue weighted by Gasteiger charge is -2.15. The summed E-state index contributed by atoms with van der Waals surface area (Å²) in [5, 5.41) is 6.90. The van der Waals surface area contributed by atoms with Crippen LogP contribution in [0, 0.1) is 0 Å². The molecule has 1 rings (SSSR count). The van der Waals surface area contributed by atoms with Gasteiger partial charge < -0.3 is 9.64 Å². The van der Waals surface area contributed by atoms with Crippen molar-refractivity contribution in [2.75, 3.05) is 32.6 Å². The highest BCUT2D eigenvalue weighted by Crippen LogP contribution is 2.09. The summed E-state index contributed by atoms with van der Waals surface area (Å²) in [5.41, 5.74) is 0. The largest absolute Gasteiger partial charge is 0.383 e. The average Bonchev–Trinajstić information content (AvgIpc) is 2.66. The van der Waals surface area contributed by atoms with Gasteiger partial charge in [0.25, 0.3) is 0 Å². The van der Waals surface area contributed by atoms with Crippen LogP contribution in [-0.2, 0) is 4.74 Å². The molecule has 6 nitrogen and oxygen atoms in total. The lowest BCUT2D eigenvalue weighted by atomic mass is 10.6. The van der Waals surface area contributed by atoms with E-state index in [-0.39, 0.29) is 6.03 Å². The van der Waals surface area contributed by atoms with E-state index in [2.05, 4.69) is 14.9 Å². The Hall–Kier alpha value is -1.21. The Morgan fingerprint density at radius 2 is 2.57 bits per heavy atom. The van der Waals surface area contributed by atoms with Crippen molar-refractivity contribution in [3.63, 3.8) is 0 Å². The molecule has 0 aliphatic rings. The van der Waals surface area contributed by atoms with E-state index in [9.17, 15) is 4.79 Å². The normalized spacial score (nSPS) is 9.86. The minimum absolute atomic E-state index is 0.187. The highest BCUT2D eigenvalue weighted by Gasteiger charge is 2.08. The van der Waals surface area contributed by atoms with Crippen molar-refractivity contribution < 1.29 is 9.53 Å². The highest BCUT2D eigenvalue weighted by atomic mass is 32.1. The van der Waals surface area contributed by atoms with Crippen LogP contribution in [0.3, 0.4) is 0 Å². The van der Waals surface area contributed by atoms with Crippen LogP contribution in [0.4, 0.5) is 9.80 Å². The number of likely N-dealkylation sites (N-methyl/N-ethyl adjacent to an activating group) is 1. The molecule has 7 heteroatoms. The first-order chi connectivity index (χ1) is 6.74. The van der Waals surface area contributed by atoms with Gasteiger partial charge in [-0.2, -0.15) is 0 Å². The number of hydrogen-bond acceptors (Lipinski definition) is 5. The SMILES string of the molecule is COCCN(C)C(=O)Nc1cnns1. The molecule has 78 valence electrons. The first-order valence-corrected chi connectivity index (χ1v) is 4.80. The zero-order valence-corrected chi connectivity index (χ0v) is 8.87. The maximum Gasteiger partial charge on any atom is 0.322 e. The molecule has 0 saturated heterocycles. The van der Waals surface area contributed by atoms with Gasteiger partial charge in [0.15, 0.2) is 0 Å². The van der Waals surface area contributed by atoms with Gasteiger partial charge in [-0.15, -0.1) is 5.10 Å². The zero-order chi connectivity index (χ0) is 10.4. The van der Waals surface area contributed by atoms with E-state index in [0.717, 1.165) is 11.5 Å². The Morgan fingerprint density at radius 1 is 1.79 bits per heavy atom. The third-order valence-corrected chi connectivity index (χ3v) is 2.15. The number of nitrogens with one attached hydrogen (secondary N) is 1. The second-order valence-corrected chi connectivity index (χ2v) is 3.41. The summed E-state index contributed by atoms with van der Waals surface area (Å²) in [4.78, 5) is 13.0. The van der Waals surface area contributed by atoms with Gasteiger partial charge in [-0.1, -0.05) is 4.49 Å². The van der Waals surface area contributed by atoms with Gasteiger partial charge in [-0.3, -0.25) is 5.32 Å². The summed E-state index contributed by atoms with van der Waals surface area (Å²) in [6.45, 7) is 1.07. The molecular weight excluding hydrogens is 204 g/mol. The fraction of sp³-hybridized carbons (Fsp3) is 0.571. The Balaban J connectivity index is 2.34. The minimum atomic E-state index is -0.187. The number of ether oxygens (including phenoxy) is 1. The van der Waals surface area contributed by atoms with E-state index in [1.165, 1.54) is 11.1 Å². The standard InChI is InChI=1S/C7H12N4O2S/c1-11(3-4-13-2)7(12)9-6-5-8-10-14-6/h5H,3-4H2,1-2H3,(H,9,12). The summed E-state index contributed by atoms with van der Waals surface area (Å²) in [6, 6.07) is -0.187. The molecule has 1 aromatic rings. The number of rotatable bonds is 4. The maximum atomic E-state index is 11.4. The summed E-state index contributed by atoms with van der Waals surface area (Å²) in [7, 11) is 3.29. The van der Waals surface area contributed by atoms with Crippen LogP contribution in [0.25, 0.3) is 0 Å². The molecule has 0 spiro atoms. The second-order valence-electron chi connectivity index (χ2n) is 2.63. The number of urea groups is 1. The van der Waals surface area contributed by atoms with Gasteiger partial charge in [-0.05, 0) is 0 Å². The van der Waals surface area contributed by atoms with Crippen LogP contribution >= 0.6 is 11.5 Å². The molecule has 1 heterocycles. The number of aromatic nitrogens is 2. The van der Waals surface area contributed by atoms with Crippen LogP contribution in [0.5, 0.6) is 0 Å². The monoisotopic (exact) mass is 216 g/mol. The van der Waals surface area contributed by atoms with Crippen molar-refractivity contribution in [3.05, 3.63) is 6.20 Å². The van der Waals surface area contributed by atoms with Crippen LogP contribution in [0.2, 0.25) is 0 Å². The molecule has 0 fully saturated rings. The summed E-state index contributed by atoms with van der Waals surface area (Å²) in [5.74, 6) is 0. The number of methoxy groups -OCH3 is 1. The molecule has 0 atom stereocenters. The topological polar surface area (TPSA) is 67.3 Å². The Morgan fingerprint density at radius 3 is 3.14 bits per heavy atom. The zero-order valence-electron chi connectivity index (χ0n) is 8.06. The molecule has 0 aliphatic carbocycles. The number of anilines is 1. The third-order valence-electron chi connectivity index (χ3n) is 1.57. The molecule has 0 aliphatic heterocycles. The molecule has 14 heavy (non-hydrogen) atoms. The van der Waals surface area contributed by atoms with Gasteiger partial charge >= 0.3 is 6.03 Å². The summed E-state index contributed by atoms with van der Waals surface area (Å²) < 4.78 is 8.48. The summed E-state index contributed by atoms with van der Waals surface area (Å²) >= 11 is 1.14. The molecular formula is C7H12N4O2S. The third kappa shape index (κ3) is 3.27. The Bertz CT molecular complexity index is 277. The smallest absolute Gasteiger partial charge is 0.322 e. The van der Waals surface area contributed by atoms with Gasteiger partial charge in [0, 0.05) is 32.2 Å². The van der Waals surface area contributed by atoms with E-state index < -0.39 is 0 Å². The lowest BCUT2D eigenvalue weighted by molar-refractivity contribution is 0.165. The van der Waals surface area contributed by atoms with E-state index in [1.807, 2.05) is 0 Å². The number of carbonyl (C=O) groups excluding carboxylic acids is 1. The van der Waals surface area contributed by atoms with Gasteiger partial charge in [0.1, 0.15) is 5.00 Å². The first kappa shape index (κ1) is 10.9. The number of amides is 2. The predicted molar refractivity (Wildman–Crippen MR) is 53.4 cm³/mol. The van der Waals surface area contributed by atoms with E-state index in [0.29, 0.717) is 18.2 Å².